The second-order valence-corrected chi connectivity index (χ2v) is 1.54. The van der Waals surface area contributed by atoms with Crippen molar-refractivity contribution in [1.82, 2.24) is 5.32 Å². The predicted octanol–water partition coefficient (Wildman–Crippen LogP) is 1.50. The molecule has 0 aromatic heterocycles. The van der Waals surface area contributed by atoms with Crippen molar-refractivity contribution >= 4 is 0 Å². The van der Waals surface area contributed by atoms with Crippen LogP contribution in [0.25, 0.3) is 0 Å². The predicted molar refractivity (Wildman–Crippen MR) is 26.5 cm³/mol. The Morgan fingerprint density at radius 1 is 1.40 bits per heavy atom. The van der Waals surface area contributed by atoms with Crippen molar-refractivity contribution in [2.45, 2.75) is 6.18 Å². The van der Waals surface area contributed by atoms with Gasteiger partial charge in [0.1, 0.15) is 6.26 Å². The van der Waals surface area contributed by atoms with Crippen LogP contribution in [0.3, 0.4) is 0 Å². The molecular formula is C5H3F3NO. The van der Waals surface area contributed by atoms with Crippen molar-refractivity contribution in [3.05, 3.63) is 24.4 Å². The molecule has 5 heteroatoms. The fraction of sp³-hybridized carbons (Fsp3) is 0.200. The van der Waals surface area contributed by atoms with Gasteiger partial charge < -0.3 is 4.74 Å². The van der Waals surface area contributed by atoms with Crippen LogP contribution in [0.5, 0.6) is 0 Å². The first-order valence-corrected chi connectivity index (χ1v) is 2.40. The van der Waals surface area contributed by atoms with Gasteiger partial charge in [-0.3, -0.25) is 5.32 Å². The lowest BCUT2D eigenvalue weighted by atomic mass is 10.5. The standard InChI is InChI=1S/C5H3F3NO/c6-5(7,8)4-3-9-1-2-10-4/h1-3H. The second kappa shape index (κ2) is 2.24. The van der Waals surface area contributed by atoms with E-state index in [2.05, 4.69) is 10.1 Å². The van der Waals surface area contributed by atoms with Crippen molar-refractivity contribution in [3.8, 4) is 0 Å². The van der Waals surface area contributed by atoms with Crippen molar-refractivity contribution in [3.63, 3.8) is 0 Å². The highest BCUT2D eigenvalue weighted by Crippen LogP contribution is 2.26. The molecule has 0 aliphatic carbocycles. The maximum Gasteiger partial charge on any atom is 0.451 e. The molecule has 1 heterocycles. The third-order valence-electron chi connectivity index (χ3n) is 0.813. The molecule has 1 aliphatic rings. The van der Waals surface area contributed by atoms with Gasteiger partial charge in [0.15, 0.2) is 0 Å². The van der Waals surface area contributed by atoms with Crippen LogP contribution >= 0.6 is 0 Å². The molecule has 10 heavy (non-hydrogen) atoms. The summed E-state index contributed by atoms with van der Waals surface area (Å²) in [6, 6.07) is 0. The summed E-state index contributed by atoms with van der Waals surface area (Å²) in [6.07, 6.45) is -1.80. The quantitative estimate of drug-likeness (QED) is 0.513. The van der Waals surface area contributed by atoms with Crippen LogP contribution in [-0.4, -0.2) is 6.18 Å². The van der Waals surface area contributed by atoms with Crippen LogP contribution in [0.15, 0.2) is 24.4 Å². The summed E-state index contributed by atoms with van der Waals surface area (Å²) in [7, 11) is 0. The highest BCUT2D eigenvalue weighted by Gasteiger charge is 2.36. The lowest BCUT2D eigenvalue weighted by molar-refractivity contribution is -0.123. The largest absolute Gasteiger partial charge is 0.457 e. The number of hydrogen-bond acceptors (Lipinski definition) is 1. The molecule has 1 rings (SSSR count). The first-order chi connectivity index (χ1) is 4.61. The average molecular weight is 150 g/mol. The Balaban J connectivity index is 2.65. The molecule has 0 fully saturated rings. The zero-order valence-corrected chi connectivity index (χ0v) is 4.72. The van der Waals surface area contributed by atoms with Crippen molar-refractivity contribution < 1.29 is 17.9 Å². The number of hydrogen-bond donors (Lipinski definition) is 0. The summed E-state index contributed by atoms with van der Waals surface area (Å²) in [4.78, 5) is 0. The molecule has 55 valence electrons. The molecule has 0 spiro atoms. The van der Waals surface area contributed by atoms with Gasteiger partial charge in [-0.15, -0.1) is 0 Å². The molecule has 0 N–H and O–H groups in total. The lowest BCUT2D eigenvalue weighted by Crippen LogP contribution is -2.16. The molecule has 2 nitrogen and oxygen atoms in total. The van der Waals surface area contributed by atoms with Gasteiger partial charge in [-0.2, -0.15) is 13.2 Å². The summed E-state index contributed by atoms with van der Waals surface area (Å²) in [5, 5.41) is 3.24. The molecule has 0 unspecified atom stereocenters. The zero-order chi connectivity index (χ0) is 7.61. The molecule has 0 saturated heterocycles. The van der Waals surface area contributed by atoms with E-state index in [0.717, 1.165) is 12.5 Å². The van der Waals surface area contributed by atoms with E-state index < -0.39 is 11.9 Å². The second-order valence-electron chi connectivity index (χ2n) is 1.54. The fourth-order valence-corrected chi connectivity index (χ4v) is 0.420. The summed E-state index contributed by atoms with van der Waals surface area (Å²) >= 11 is 0. The van der Waals surface area contributed by atoms with E-state index in [4.69, 9.17) is 0 Å². The van der Waals surface area contributed by atoms with E-state index in [1.165, 1.54) is 0 Å². The van der Waals surface area contributed by atoms with Gasteiger partial charge in [-0.25, -0.2) is 0 Å². The van der Waals surface area contributed by atoms with Crippen LogP contribution in [-0.2, 0) is 4.74 Å². The Bertz CT molecular complexity index is 182. The average Bonchev–Trinajstić information content (AvgIpc) is 1.88. The first kappa shape index (κ1) is 6.98. The number of alkyl halides is 3. The highest BCUT2D eigenvalue weighted by atomic mass is 19.4. The molecule has 0 aromatic rings. The first-order valence-electron chi connectivity index (χ1n) is 2.40. The smallest absolute Gasteiger partial charge is 0.451 e. The third-order valence-corrected chi connectivity index (χ3v) is 0.813. The number of ether oxygens (including phenoxy) is 1. The molecule has 0 aromatic carbocycles. The summed E-state index contributed by atoms with van der Waals surface area (Å²) in [5.74, 6) is -1.09. The van der Waals surface area contributed by atoms with Gasteiger partial charge >= 0.3 is 6.18 Å². The van der Waals surface area contributed by atoms with Crippen molar-refractivity contribution in [2.24, 2.45) is 0 Å². The maximum absolute atomic E-state index is 11.7. The molecule has 1 radical (unpaired) electrons. The maximum atomic E-state index is 11.7. The Morgan fingerprint density at radius 3 is 2.40 bits per heavy atom. The van der Waals surface area contributed by atoms with Gasteiger partial charge in [0.25, 0.3) is 0 Å². The normalized spacial score (nSPS) is 17.3. The number of nitrogens with zero attached hydrogens (tertiary/aromatic N) is 1. The van der Waals surface area contributed by atoms with Gasteiger partial charge in [0.2, 0.25) is 5.76 Å². The van der Waals surface area contributed by atoms with E-state index in [9.17, 15) is 13.2 Å². The van der Waals surface area contributed by atoms with Crippen LogP contribution < -0.4 is 5.32 Å². The van der Waals surface area contributed by atoms with Crippen LogP contribution in [0.4, 0.5) is 13.2 Å². The van der Waals surface area contributed by atoms with E-state index in [-0.39, 0.29) is 0 Å². The van der Waals surface area contributed by atoms with Gasteiger partial charge in [-0.05, 0) is 0 Å². The Kier molecular flexibility index (Phi) is 1.57. The highest BCUT2D eigenvalue weighted by molar-refractivity contribution is 5.05. The summed E-state index contributed by atoms with van der Waals surface area (Å²) in [6.45, 7) is 0. The molecule has 0 bridgehead atoms. The van der Waals surface area contributed by atoms with Crippen LogP contribution in [0.2, 0.25) is 0 Å². The number of allylic oxidation sites excluding steroid dienone is 1. The molecule has 0 atom stereocenters. The van der Waals surface area contributed by atoms with E-state index in [0.29, 0.717) is 6.20 Å². The van der Waals surface area contributed by atoms with E-state index >= 15 is 0 Å². The minimum atomic E-state index is -4.44. The summed E-state index contributed by atoms with van der Waals surface area (Å²) < 4.78 is 39.1. The van der Waals surface area contributed by atoms with E-state index in [1.807, 2.05) is 0 Å². The lowest BCUT2D eigenvalue weighted by Gasteiger charge is -2.11. The van der Waals surface area contributed by atoms with E-state index in [1.54, 1.807) is 0 Å². The Hall–Kier alpha value is -1.13. The molecule has 0 saturated carbocycles. The van der Waals surface area contributed by atoms with Crippen LogP contribution in [0, 0.1) is 0 Å². The monoisotopic (exact) mass is 150 g/mol. The number of halogens is 3. The topological polar surface area (TPSA) is 23.3 Å². The Labute approximate surface area is 55.0 Å². The SMILES string of the molecule is FC(F)(F)C1=C[N]C=CO1. The zero-order valence-electron chi connectivity index (χ0n) is 4.72. The molecule has 1 aliphatic heterocycles. The number of rotatable bonds is 0. The van der Waals surface area contributed by atoms with Crippen molar-refractivity contribution in [2.75, 3.05) is 0 Å². The minimum Gasteiger partial charge on any atom is -0.457 e. The van der Waals surface area contributed by atoms with Crippen molar-refractivity contribution in [1.29, 1.82) is 0 Å². The van der Waals surface area contributed by atoms with Gasteiger partial charge in [-0.1, -0.05) is 0 Å². The summed E-state index contributed by atoms with van der Waals surface area (Å²) in [5.41, 5.74) is 0. The Morgan fingerprint density at radius 2 is 2.10 bits per heavy atom. The minimum absolute atomic E-state index is 0.625. The van der Waals surface area contributed by atoms with Crippen LogP contribution in [0.1, 0.15) is 0 Å². The fourth-order valence-electron chi connectivity index (χ4n) is 0.420. The third kappa shape index (κ3) is 1.43. The molecule has 0 amide bonds. The van der Waals surface area contributed by atoms with Gasteiger partial charge in [0, 0.05) is 0 Å². The molecular weight excluding hydrogens is 147 g/mol. The van der Waals surface area contributed by atoms with Gasteiger partial charge in [0.05, 0.1) is 12.4 Å².